The minimum atomic E-state index is -4.15. The van der Waals surface area contributed by atoms with Crippen molar-refractivity contribution < 1.29 is 28.0 Å². The summed E-state index contributed by atoms with van der Waals surface area (Å²) in [6, 6.07) is 7.66. The van der Waals surface area contributed by atoms with Gasteiger partial charge in [-0.25, -0.2) is 8.42 Å². The number of benzene rings is 2. The highest BCUT2D eigenvalue weighted by Gasteiger charge is 2.32. The predicted molar refractivity (Wildman–Crippen MR) is 117 cm³/mol. The molecule has 1 aliphatic heterocycles. The topological polar surface area (TPSA) is 130 Å². The molecule has 2 aromatic carbocycles. The second kappa shape index (κ2) is 10.0. The molecule has 0 radical (unpaired) electrons. The number of carbonyl (C=O) groups is 1. The van der Waals surface area contributed by atoms with E-state index >= 15 is 0 Å². The van der Waals surface area contributed by atoms with E-state index in [-0.39, 0.29) is 46.0 Å². The van der Waals surface area contributed by atoms with Crippen LogP contribution in [0, 0.1) is 10.1 Å². The first kappa shape index (κ1) is 24.2. The van der Waals surface area contributed by atoms with Gasteiger partial charge in [-0.3, -0.25) is 14.9 Å². The van der Waals surface area contributed by atoms with Crippen molar-refractivity contribution in [3.63, 3.8) is 0 Å². The van der Waals surface area contributed by atoms with Gasteiger partial charge in [0.15, 0.2) is 0 Å². The highest BCUT2D eigenvalue weighted by molar-refractivity contribution is 7.89. The minimum absolute atomic E-state index is 0.0438. The number of piperazine rings is 1. The molecule has 1 saturated heterocycles. The molecule has 32 heavy (non-hydrogen) atoms. The number of hydrogen-bond acceptors (Lipinski definition) is 7. The molecule has 0 aromatic heterocycles. The van der Waals surface area contributed by atoms with Gasteiger partial charge in [0, 0.05) is 54.9 Å². The number of rotatable bonds is 8. The van der Waals surface area contributed by atoms with E-state index in [0.29, 0.717) is 19.6 Å². The summed E-state index contributed by atoms with van der Waals surface area (Å²) in [6.07, 6.45) is -0.0438. The molecular weight excluding hydrogens is 485 g/mol. The molecule has 1 heterocycles. The number of nitrogens with zero attached hydrogens (tertiary/aromatic N) is 3. The number of sulfonamides is 1. The van der Waals surface area contributed by atoms with Crippen molar-refractivity contribution in [2.24, 2.45) is 0 Å². The maximum absolute atomic E-state index is 13.3. The summed E-state index contributed by atoms with van der Waals surface area (Å²) >= 11 is 11.9. The number of aliphatic carboxylic acids is 1. The number of carboxylic acid groups (broad SMARTS) is 1. The summed E-state index contributed by atoms with van der Waals surface area (Å²) in [4.78, 5) is 22.8. The van der Waals surface area contributed by atoms with Crippen LogP contribution in [0.3, 0.4) is 0 Å². The van der Waals surface area contributed by atoms with E-state index in [1.54, 1.807) is 0 Å². The van der Waals surface area contributed by atoms with E-state index in [1.165, 1.54) is 28.6 Å². The molecule has 0 unspecified atom stereocenters. The molecule has 0 amide bonds. The lowest BCUT2D eigenvalue weighted by Gasteiger charge is -2.33. The maximum Gasteiger partial charge on any atom is 0.304 e. The second-order valence-electron chi connectivity index (χ2n) is 6.98. The van der Waals surface area contributed by atoms with Crippen molar-refractivity contribution >= 4 is 44.9 Å². The van der Waals surface area contributed by atoms with Crippen molar-refractivity contribution in [2.75, 3.05) is 32.7 Å². The Labute approximate surface area is 194 Å². The monoisotopic (exact) mass is 503 g/mol. The Morgan fingerprint density at radius 2 is 1.72 bits per heavy atom. The Balaban J connectivity index is 1.89. The van der Waals surface area contributed by atoms with E-state index in [0.717, 1.165) is 12.1 Å². The molecule has 1 aliphatic rings. The van der Waals surface area contributed by atoms with Crippen LogP contribution in [-0.2, 0) is 14.8 Å². The van der Waals surface area contributed by atoms with E-state index in [4.69, 9.17) is 33.0 Å². The second-order valence-corrected chi connectivity index (χ2v) is 9.76. The number of hydrogen-bond donors (Lipinski definition) is 1. The summed E-state index contributed by atoms with van der Waals surface area (Å²) < 4.78 is 33.6. The number of carboxylic acids is 1. The Bertz CT molecular complexity index is 1120. The lowest BCUT2D eigenvalue weighted by molar-refractivity contribution is -0.385. The van der Waals surface area contributed by atoms with Gasteiger partial charge in [-0.05, 0) is 24.3 Å². The largest absolute Gasteiger partial charge is 0.481 e. The van der Waals surface area contributed by atoms with Gasteiger partial charge < -0.3 is 14.7 Å². The first-order valence-corrected chi connectivity index (χ1v) is 11.6. The van der Waals surface area contributed by atoms with E-state index < -0.39 is 26.6 Å². The first-order valence-electron chi connectivity index (χ1n) is 9.43. The fraction of sp³-hybridized carbons (Fsp3) is 0.316. The average molecular weight is 504 g/mol. The standard InChI is InChI=1S/C19H19Cl2N3O7S/c20-13-9-14(21)11-16(10-13)31-17-2-1-15(24(27)28)12-18(17)32(29,30)23-7-5-22(6-8-23)4-3-19(25)26/h1-2,9-12H,3-8H2,(H,25,26). The van der Waals surface area contributed by atoms with Gasteiger partial charge in [0.25, 0.3) is 5.69 Å². The molecule has 172 valence electrons. The van der Waals surface area contributed by atoms with Gasteiger partial charge in [0.05, 0.1) is 11.3 Å². The summed E-state index contributed by atoms with van der Waals surface area (Å²) in [5, 5.41) is 20.6. The van der Waals surface area contributed by atoms with Gasteiger partial charge >= 0.3 is 5.97 Å². The zero-order chi connectivity index (χ0) is 23.5. The van der Waals surface area contributed by atoms with Gasteiger partial charge in [-0.2, -0.15) is 4.31 Å². The fourth-order valence-corrected chi connectivity index (χ4v) is 5.26. The van der Waals surface area contributed by atoms with Gasteiger partial charge in [0.2, 0.25) is 10.0 Å². The fourth-order valence-electron chi connectivity index (χ4n) is 3.20. The number of ether oxygens (including phenoxy) is 1. The van der Waals surface area contributed by atoms with Crippen LogP contribution in [0.15, 0.2) is 41.3 Å². The molecule has 0 bridgehead atoms. The number of halogens is 2. The summed E-state index contributed by atoms with van der Waals surface area (Å²) in [5.74, 6) is -0.868. The highest BCUT2D eigenvalue weighted by atomic mass is 35.5. The maximum atomic E-state index is 13.3. The van der Waals surface area contributed by atoms with Crippen molar-refractivity contribution in [3.05, 3.63) is 56.6 Å². The van der Waals surface area contributed by atoms with Crippen LogP contribution in [0.4, 0.5) is 5.69 Å². The van der Waals surface area contributed by atoms with Crippen LogP contribution in [0.25, 0.3) is 0 Å². The van der Waals surface area contributed by atoms with Crippen molar-refractivity contribution in [2.45, 2.75) is 11.3 Å². The molecule has 0 spiro atoms. The normalized spacial score (nSPS) is 15.4. The molecule has 3 rings (SSSR count). The molecule has 10 nitrogen and oxygen atoms in total. The van der Waals surface area contributed by atoms with Crippen LogP contribution in [0.1, 0.15) is 6.42 Å². The molecule has 0 atom stereocenters. The van der Waals surface area contributed by atoms with Crippen molar-refractivity contribution in [1.82, 2.24) is 9.21 Å². The van der Waals surface area contributed by atoms with Gasteiger partial charge in [-0.15, -0.1) is 0 Å². The molecule has 1 N–H and O–H groups in total. The van der Waals surface area contributed by atoms with E-state index in [9.17, 15) is 23.3 Å². The Kier molecular flexibility index (Phi) is 7.57. The average Bonchev–Trinajstić information content (AvgIpc) is 2.71. The smallest absolute Gasteiger partial charge is 0.304 e. The number of nitro groups is 1. The number of non-ortho nitro benzene ring substituents is 1. The van der Waals surface area contributed by atoms with E-state index in [1.807, 2.05) is 4.90 Å². The van der Waals surface area contributed by atoms with Crippen molar-refractivity contribution in [3.8, 4) is 11.5 Å². The van der Waals surface area contributed by atoms with Gasteiger partial charge in [0.1, 0.15) is 16.4 Å². The first-order chi connectivity index (χ1) is 15.1. The highest BCUT2D eigenvalue weighted by Crippen LogP contribution is 2.36. The molecule has 2 aromatic rings. The Morgan fingerprint density at radius 1 is 1.09 bits per heavy atom. The van der Waals surface area contributed by atoms with Gasteiger partial charge in [-0.1, -0.05) is 23.2 Å². The predicted octanol–water partition coefficient (Wildman–Crippen LogP) is 3.47. The quantitative estimate of drug-likeness (QED) is 0.427. The summed E-state index contributed by atoms with van der Waals surface area (Å²) in [6.45, 7) is 1.19. The lowest BCUT2D eigenvalue weighted by atomic mass is 10.3. The molecular formula is C19H19Cl2N3O7S. The summed E-state index contributed by atoms with van der Waals surface area (Å²) in [7, 11) is -4.15. The zero-order valence-electron chi connectivity index (χ0n) is 16.6. The third-order valence-corrected chi connectivity index (χ3v) is 7.15. The van der Waals surface area contributed by atoms with Crippen molar-refractivity contribution in [1.29, 1.82) is 0 Å². The zero-order valence-corrected chi connectivity index (χ0v) is 18.9. The van der Waals surface area contributed by atoms with Crippen LogP contribution in [0.2, 0.25) is 10.0 Å². The summed E-state index contributed by atoms with van der Waals surface area (Å²) in [5.41, 5.74) is -0.403. The lowest BCUT2D eigenvalue weighted by Crippen LogP contribution is -2.49. The third kappa shape index (κ3) is 5.87. The Morgan fingerprint density at radius 3 is 2.28 bits per heavy atom. The van der Waals surface area contributed by atoms with Crippen LogP contribution in [-0.4, -0.2) is 66.3 Å². The number of nitro benzene ring substituents is 1. The molecule has 13 heteroatoms. The molecule has 0 saturated carbocycles. The van der Waals surface area contributed by atoms with E-state index in [2.05, 4.69) is 0 Å². The third-order valence-electron chi connectivity index (χ3n) is 4.79. The SMILES string of the molecule is O=C(O)CCN1CCN(S(=O)(=O)c2cc([N+](=O)[O-])ccc2Oc2cc(Cl)cc(Cl)c2)CC1. The molecule has 0 aliphatic carbocycles. The van der Waals surface area contributed by atoms with Crippen LogP contribution >= 0.6 is 23.2 Å². The van der Waals surface area contributed by atoms with Crippen LogP contribution < -0.4 is 4.74 Å². The van der Waals surface area contributed by atoms with Crippen LogP contribution in [0.5, 0.6) is 11.5 Å². The minimum Gasteiger partial charge on any atom is -0.481 e. The molecule has 1 fully saturated rings. The Hall–Kier alpha value is -2.44.